The van der Waals surface area contributed by atoms with Gasteiger partial charge >= 0.3 is 5.97 Å². The van der Waals surface area contributed by atoms with Crippen molar-refractivity contribution < 1.29 is 14.6 Å². The molecular weight excluding hydrogens is 288 g/mol. The molecule has 0 unspecified atom stereocenters. The Kier molecular flexibility index (Phi) is 5.57. The predicted octanol–water partition coefficient (Wildman–Crippen LogP) is 2.82. The van der Waals surface area contributed by atoms with Gasteiger partial charge in [0.15, 0.2) is 5.13 Å². The number of ether oxygens (including phenoxy) is 1. The van der Waals surface area contributed by atoms with Crippen LogP contribution in [0.4, 0.5) is 5.13 Å². The van der Waals surface area contributed by atoms with Crippen molar-refractivity contribution in [3.05, 3.63) is 40.9 Å². The lowest BCUT2D eigenvalue weighted by molar-refractivity contribution is -0.136. The van der Waals surface area contributed by atoms with Gasteiger partial charge in [0, 0.05) is 18.3 Å². The molecule has 0 amide bonds. The summed E-state index contributed by atoms with van der Waals surface area (Å²) in [5, 5.41) is 14.6. The number of methoxy groups -OCH3 is 1. The molecule has 1 aromatic carbocycles. The third kappa shape index (κ3) is 5.07. The van der Waals surface area contributed by atoms with Gasteiger partial charge in [-0.3, -0.25) is 4.79 Å². The molecule has 2 aromatic rings. The van der Waals surface area contributed by atoms with Crippen LogP contribution in [0, 0.1) is 0 Å². The van der Waals surface area contributed by atoms with E-state index in [9.17, 15) is 4.79 Å². The molecule has 0 atom stereocenters. The van der Waals surface area contributed by atoms with E-state index in [0.717, 1.165) is 29.5 Å². The van der Waals surface area contributed by atoms with Crippen molar-refractivity contribution >= 4 is 22.4 Å². The number of nitrogens with zero attached hydrogens (tertiary/aromatic N) is 1. The van der Waals surface area contributed by atoms with Crippen LogP contribution in [0.5, 0.6) is 5.75 Å². The number of hydrogen-bond acceptors (Lipinski definition) is 5. The molecule has 1 aromatic heterocycles. The number of rotatable bonds is 8. The van der Waals surface area contributed by atoms with Gasteiger partial charge in [0.2, 0.25) is 0 Å². The molecule has 21 heavy (non-hydrogen) atoms. The van der Waals surface area contributed by atoms with Crippen LogP contribution in [-0.2, 0) is 17.6 Å². The normalized spacial score (nSPS) is 10.3. The summed E-state index contributed by atoms with van der Waals surface area (Å²) in [4.78, 5) is 14.9. The van der Waals surface area contributed by atoms with Gasteiger partial charge in [0.25, 0.3) is 0 Å². The summed E-state index contributed by atoms with van der Waals surface area (Å²) in [5.41, 5.74) is 2.06. The number of carbonyl (C=O) groups is 1. The maximum atomic E-state index is 10.5. The molecule has 0 aliphatic rings. The van der Waals surface area contributed by atoms with Crippen LogP contribution in [0.3, 0.4) is 0 Å². The van der Waals surface area contributed by atoms with Gasteiger partial charge in [-0.1, -0.05) is 12.1 Å². The fraction of sp³-hybridized carbons (Fsp3) is 0.333. The van der Waals surface area contributed by atoms with E-state index in [1.807, 2.05) is 29.6 Å². The van der Waals surface area contributed by atoms with Gasteiger partial charge < -0.3 is 15.2 Å². The molecule has 0 aliphatic heterocycles. The third-order valence-electron chi connectivity index (χ3n) is 3.00. The zero-order valence-electron chi connectivity index (χ0n) is 11.8. The zero-order chi connectivity index (χ0) is 15.1. The van der Waals surface area contributed by atoms with Crippen molar-refractivity contribution in [1.29, 1.82) is 0 Å². The Labute approximate surface area is 127 Å². The highest BCUT2D eigenvalue weighted by Gasteiger charge is 2.04. The monoisotopic (exact) mass is 306 g/mol. The highest BCUT2D eigenvalue weighted by molar-refractivity contribution is 7.13. The first-order chi connectivity index (χ1) is 10.2. The molecule has 2 N–H and O–H groups in total. The molecule has 0 spiro atoms. The number of hydrogen-bond donors (Lipinski definition) is 2. The molecule has 2 rings (SSSR count). The summed E-state index contributed by atoms with van der Waals surface area (Å²) >= 11 is 1.51. The average molecular weight is 306 g/mol. The summed E-state index contributed by atoms with van der Waals surface area (Å²) in [6.45, 7) is 0.790. The topological polar surface area (TPSA) is 71.5 Å². The average Bonchev–Trinajstić information content (AvgIpc) is 2.94. The van der Waals surface area contributed by atoms with Gasteiger partial charge in [-0.05, 0) is 24.1 Å². The van der Waals surface area contributed by atoms with E-state index >= 15 is 0 Å². The van der Waals surface area contributed by atoms with Crippen LogP contribution in [0.2, 0.25) is 0 Å². The minimum Gasteiger partial charge on any atom is -0.497 e. The van der Waals surface area contributed by atoms with E-state index in [2.05, 4.69) is 10.3 Å². The van der Waals surface area contributed by atoms with Gasteiger partial charge in [-0.15, -0.1) is 11.3 Å². The van der Waals surface area contributed by atoms with Crippen molar-refractivity contribution in [3.63, 3.8) is 0 Å². The van der Waals surface area contributed by atoms with Gasteiger partial charge in [0.05, 0.1) is 19.2 Å². The second-order valence-corrected chi connectivity index (χ2v) is 5.42. The number of benzene rings is 1. The Morgan fingerprint density at radius 1 is 1.33 bits per heavy atom. The van der Waals surface area contributed by atoms with Crippen molar-refractivity contribution in [2.24, 2.45) is 0 Å². The van der Waals surface area contributed by atoms with E-state index in [4.69, 9.17) is 9.84 Å². The van der Waals surface area contributed by atoms with Crippen molar-refractivity contribution in [2.75, 3.05) is 19.0 Å². The molecule has 112 valence electrons. The molecule has 6 heteroatoms. The van der Waals surface area contributed by atoms with Crippen LogP contribution in [-0.4, -0.2) is 29.7 Å². The van der Waals surface area contributed by atoms with E-state index in [1.165, 1.54) is 16.9 Å². The molecule has 5 nitrogen and oxygen atoms in total. The fourth-order valence-corrected chi connectivity index (χ4v) is 2.62. The van der Waals surface area contributed by atoms with Crippen LogP contribution < -0.4 is 10.1 Å². The zero-order valence-corrected chi connectivity index (χ0v) is 12.7. The van der Waals surface area contributed by atoms with Crippen molar-refractivity contribution in [1.82, 2.24) is 4.98 Å². The number of carboxylic acid groups (broad SMARTS) is 1. The van der Waals surface area contributed by atoms with Gasteiger partial charge in [-0.2, -0.15) is 0 Å². The Bertz CT molecular complexity index is 581. The summed E-state index contributed by atoms with van der Waals surface area (Å²) in [5.74, 6) is 0.0618. The smallest absolute Gasteiger partial charge is 0.303 e. The lowest BCUT2D eigenvalue weighted by Gasteiger charge is -2.04. The van der Waals surface area contributed by atoms with Crippen molar-refractivity contribution in [3.8, 4) is 5.75 Å². The van der Waals surface area contributed by atoms with E-state index in [0.29, 0.717) is 6.42 Å². The third-order valence-corrected chi connectivity index (χ3v) is 3.84. The minimum absolute atomic E-state index is 0.120. The quantitative estimate of drug-likeness (QED) is 0.784. The molecule has 1 heterocycles. The second kappa shape index (κ2) is 7.64. The van der Waals surface area contributed by atoms with Gasteiger partial charge in [0.1, 0.15) is 5.75 Å². The Balaban J connectivity index is 1.76. The lowest BCUT2D eigenvalue weighted by Crippen LogP contribution is -2.05. The maximum absolute atomic E-state index is 10.5. The van der Waals surface area contributed by atoms with Crippen LogP contribution in [0.1, 0.15) is 17.7 Å². The van der Waals surface area contributed by atoms with E-state index in [1.54, 1.807) is 7.11 Å². The molecule has 0 saturated heterocycles. The number of aromatic nitrogens is 1. The highest BCUT2D eigenvalue weighted by Crippen LogP contribution is 2.17. The SMILES string of the molecule is COc1ccc(CCNc2nc(CCC(=O)O)cs2)cc1. The molecule has 0 bridgehead atoms. The summed E-state index contributed by atoms with van der Waals surface area (Å²) in [7, 11) is 1.65. The molecule has 0 aliphatic carbocycles. The van der Waals surface area contributed by atoms with Crippen LogP contribution in [0.25, 0.3) is 0 Å². The number of carboxylic acids is 1. The molecule has 0 saturated carbocycles. The molecule has 0 fully saturated rings. The Morgan fingerprint density at radius 2 is 2.10 bits per heavy atom. The first kappa shape index (κ1) is 15.3. The standard InChI is InChI=1S/C15H18N2O3S/c1-20-13-5-2-11(3-6-13)8-9-16-15-17-12(10-21-15)4-7-14(18)19/h2-3,5-6,10H,4,7-9H2,1H3,(H,16,17)(H,18,19). The van der Waals surface area contributed by atoms with E-state index < -0.39 is 5.97 Å². The molecule has 0 radical (unpaired) electrons. The number of aryl methyl sites for hydroxylation is 1. The Hall–Kier alpha value is -2.08. The summed E-state index contributed by atoms with van der Waals surface area (Å²) in [6, 6.07) is 7.98. The fourth-order valence-electron chi connectivity index (χ4n) is 1.84. The first-order valence-corrected chi connectivity index (χ1v) is 7.58. The van der Waals surface area contributed by atoms with Crippen LogP contribution >= 0.6 is 11.3 Å². The number of thiazole rings is 1. The minimum atomic E-state index is -0.794. The second-order valence-electron chi connectivity index (χ2n) is 4.56. The number of nitrogens with one attached hydrogen (secondary N) is 1. The van der Waals surface area contributed by atoms with Crippen LogP contribution in [0.15, 0.2) is 29.6 Å². The predicted molar refractivity (Wildman–Crippen MR) is 83.3 cm³/mol. The van der Waals surface area contributed by atoms with E-state index in [-0.39, 0.29) is 6.42 Å². The maximum Gasteiger partial charge on any atom is 0.303 e. The first-order valence-electron chi connectivity index (χ1n) is 6.70. The highest BCUT2D eigenvalue weighted by atomic mass is 32.1. The number of aliphatic carboxylic acids is 1. The Morgan fingerprint density at radius 3 is 2.76 bits per heavy atom. The number of anilines is 1. The molecular formula is C15H18N2O3S. The summed E-state index contributed by atoms with van der Waals surface area (Å²) < 4.78 is 5.12. The lowest BCUT2D eigenvalue weighted by atomic mass is 10.1. The van der Waals surface area contributed by atoms with Crippen molar-refractivity contribution in [2.45, 2.75) is 19.3 Å². The largest absolute Gasteiger partial charge is 0.497 e. The van der Waals surface area contributed by atoms with Gasteiger partial charge in [-0.25, -0.2) is 4.98 Å². The summed E-state index contributed by atoms with van der Waals surface area (Å²) in [6.07, 6.45) is 1.50.